The van der Waals surface area contributed by atoms with Crippen molar-refractivity contribution in [3.05, 3.63) is 29.3 Å². The zero-order valence-electron chi connectivity index (χ0n) is 12.8. The van der Waals surface area contributed by atoms with Crippen molar-refractivity contribution in [2.45, 2.75) is 25.2 Å². The SMILES string of the molecule is CCC(C)C(=O)N1CCN(S(=O)(=O)c2ccccc2Cl)CC1. The van der Waals surface area contributed by atoms with E-state index in [1.165, 1.54) is 10.4 Å². The minimum absolute atomic E-state index is 0.0216. The molecule has 0 aromatic heterocycles. The fourth-order valence-corrected chi connectivity index (χ4v) is 4.34. The van der Waals surface area contributed by atoms with Gasteiger partial charge in [0.05, 0.1) is 5.02 Å². The molecule has 1 unspecified atom stereocenters. The van der Waals surface area contributed by atoms with E-state index in [1.54, 1.807) is 23.1 Å². The van der Waals surface area contributed by atoms with Gasteiger partial charge in [0.25, 0.3) is 0 Å². The summed E-state index contributed by atoms with van der Waals surface area (Å²) in [6, 6.07) is 6.43. The third-order valence-electron chi connectivity index (χ3n) is 4.04. The van der Waals surface area contributed by atoms with Crippen molar-refractivity contribution >= 4 is 27.5 Å². The van der Waals surface area contributed by atoms with Crippen LogP contribution in [0, 0.1) is 5.92 Å². The molecular weight excluding hydrogens is 324 g/mol. The lowest BCUT2D eigenvalue weighted by Gasteiger charge is -2.35. The van der Waals surface area contributed by atoms with Gasteiger partial charge in [-0.1, -0.05) is 37.6 Å². The Balaban J connectivity index is 2.08. The van der Waals surface area contributed by atoms with E-state index in [2.05, 4.69) is 0 Å². The van der Waals surface area contributed by atoms with Crippen LogP contribution in [0.2, 0.25) is 5.02 Å². The molecule has 1 saturated heterocycles. The molecule has 1 fully saturated rings. The van der Waals surface area contributed by atoms with Crippen LogP contribution in [0.3, 0.4) is 0 Å². The van der Waals surface area contributed by atoms with Gasteiger partial charge in [-0.3, -0.25) is 4.79 Å². The van der Waals surface area contributed by atoms with Gasteiger partial charge in [0, 0.05) is 32.1 Å². The first-order chi connectivity index (χ1) is 10.4. The van der Waals surface area contributed by atoms with Crippen molar-refractivity contribution in [1.82, 2.24) is 9.21 Å². The molecule has 7 heteroatoms. The maximum absolute atomic E-state index is 12.6. The van der Waals surface area contributed by atoms with Crippen LogP contribution in [0.1, 0.15) is 20.3 Å². The number of benzene rings is 1. The van der Waals surface area contributed by atoms with Gasteiger partial charge < -0.3 is 4.90 Å². The average Bonchev–Trinajstić information content (AvgIpc) is 2.53. The van der Waals surface area contributed by atoms with Gasteiger partial charge in [0.1, 0.15) is 4.90 Å². The Hall–Kier alpha value is -1.11. The summed E-state index contributed by atoms with van der Waals surface area (Å²) in [7, 11) is -3.60. The smallest absolute Gasteiger partial charge is 0.244 e. The topological polar surface area (TPSA) is 57.7 Å². The minimum atomic E-state index is -3.60. The summed E-state index contributed by atoms with van der Waals surface area (Å²) in [5, 5.41) is 0.223. The number of nitrogens with zero attached hydrogens (tertiary/aromatic N) is 2. The van der Waals surface area contributed by atoms with Gasteiger partial charge in [-0.25, -0.2) is 8.42 Å². The Kier molecular flexibility index (Phi) is 5.47. The highest BCUT2D eigenvalue weighted by Crippen LogP contribution is 2.25. The van der Waals surface area contributed by atoms with Gasteiger partial charge in [-0.2, -0.15) is 4.31 Å². The first kappa shape index (κ1) is 17.2. The summed E-state index contributed by atoms with van der Waals surface area (Å²) in [5.74, 6) is 0.0732. The summed E-state index contributed by atoms with van der Waals surface area (Å²) in [6.45, 7) is 5.32. The Morgan fingerprint density at radius 3 is 2.36 bits per heavy atom. The molecule has 0 saturated carbocycles. The number of sulfonamides is 1. The van der Waals surface area contributed by atoms with Crippen LogP contribution in [-0.4, -0.2) is 49.7 Å². The Morgan fingerprint density at radius 1 is 1.23 bits per heavy atom. The Morgan fingerprint density at radius 2 is 1.82 bits per heavy atom. The van der Waals surface area contributed by atoms with E-state index in [9.17, 15) is 13.2 Å². The van der Waals surface area contributed by atoms with Crippen LogP contribution in [0.4, 0.5) is 0 Å². The molecule has 0 N–H and O–H groups in total. The van der Waals surface area contributed by atoms with E-state index in [1.807, 2.05) is 13.8 Å². The van der Waals surface area contributed by atoms with E-state index in [-0.39, 0.29) is 21.7 Å². The van der Waals surface area contributed by atoms with Gasteiger partial charge >= 0.3 is 0 Å². The van der Waals surface area contributed by atoms with Gasteiger partial charge in [0.2, 0.25) is 15.9 Å². The highest BCUT2D eigenvalue weighted by Gasteiger charge is 2.32. The fourth-order valence-electron chi connectivity index (χ4n) is 2.43. The molecule has 0 aliphatic carbocycles. The summed E-state index contributed by atoms with van der Waals surface area (Å²) in [5.41, 5.74) is 0. The van der Waals surface area contributed by atoms with Crippen LogP contribution in [-0.2, 0) is 14.8 Å². The highest BCUT2D eigenvalue weighted by molar-refractivity contribution is 7.89. The maximum atomic E-state index is 12.6. The number of halogens is 1. The summed E-state index contributed by atoms with van der Waals surface area (Å²) < 4.78 is 26.6. The average molecular weight is 345 g/mol. The van der Waals surface area contributed by atoms with Gasteiger partial charge in [-0.05, 0) is 18.6 Å². The van der Waals surface area contributed by atoms with E-state index in [0.717, 1.165) is 6.42 Å². The predicted octanol–water partition coefficient (Wildman–Crippen LogP) is 2.22. The first-order valence-corrected chi connectivity index (χ1v) is 9.23. The molecule has 0 spiro atoms. The van der Waals surface area contributed by atoms with Crippen molar-refractivity contribution in [2.75, 3.05) is 26.2 Å². The molecular formula is C15H21ClN2O3S. The quantitative estimate of drug-likeness (QED) is 0.841. The molecule has 1 aromatic rings. The molecule has 5 nitrogen and oxygen atoms in total. The number of rotatable bonds is 4. The third kappa shape index (κ3) is 3.45. The number of hydrogen-bond donors (Lipinski definition) is 0. The van der Waals surface area contributed by atoms with Gasteiger partial charge in [0.15, 0.2) is 0 Å². The van der Waals surface area contributed by atoms with E-state index >= 15 is 0 Å². The fraction of sp³-hybridized carbons (Fsp3) is 0.533. The number of amides is 1. The summed E-state index contributed by atoms with van der Waals surface area (Å²) in [6.07, 6.45) is 0.789. The standard InChI is InChI=1S/C15H21ClN2O3S/c1-3-12(2)15(19)17-8-10-18(11-9-17)22(20,21)14-7-5-4-6-13(14)16/h4-7,12H,3,8-11H2,1-2H3. The molecule has 2 rings (SSSR count). The molecule has 22 heavy (non-hydrogen) atoms. The number of hydrogen-bond acceptors (Lipinski definition) is 3. The van der Waals surface area contributed by atoms with Crippen molar-refractivity contribution < 1.29 is 13.2 Å². The highest BCUT2D eigenvalue weighted by atomic mass is 35.5. The Bertz CT molecular complexity index is 640. The van der Waals surface area contributed by atoms with Crippen LogP contribution in [0.5, 0.6) is 0 Å². The largest absolute Gasteiger partial charge is 0.340 e. The summed E-state index contributed by atoms with van der Waals surface area (Å²) >= 11 is 6.00. The summed E-state index contributed by atoms with van der Waals surface area (Å²) in [4.78, 5) is 14.0. The zero-order chi connectivity index (χ0) is 16.3. The van der Waals surface area contributed by atoms with Crippen LogP contribution in [0.15, 0.2) is 29.2 Å². The van der Waals surface area contributed by atoms with E-state index < -0.39 is 10.0 Å². The lowest BCUT2D eigenvalue weighted by Crippen LogP contribution is -2.51. The second-order valence-electron chi connectivity index (χ2n) is 5.47. The number of piperazine rings is 1. The molecule has 122 valence electrons. The molecule has 1 amide bonds. The van der Waals surface area contributed by atoms with Crippen LogP contribution >= 0.6 is 11.6 Å². The zero-order valence-corrected chi connectivity index (χ0v) is 14.4. The number of carbonyl (C=O) groups excluding carboxylic acids is 1. The first-order valence-electron chi connectivity index (χ1n) is 7.41. The van der Waals surface area contributed by atoms with Crippen molar-refractivity contribution in [3.8, 4) is 0 Å². The van der Waals surface area contributed by atoms with E-state index in [0.29, 0.717) is 26.2 Å². The maximum Gasteiger partial charge on any atom is 0.244 e. The van der Waals surface area contributed by atoms with Crippen molar-refractivity contribution in [2.24, 2.45) is 5.92 Å². The van der Waals surface area contributed by atoms with Gasteiger partial charge in [-0.15, -0.1) is 0 Å². The van der Waals surface area contributed by atoms with E-state index in [4.69, 9.17) is 11.6 Å². The molecule has 1 heterocycles. The predicted molar refractivity (Wildman–Crippen MR) is 86.2 cm³/mol. The van der Waals surface area contributed by atoms with Crippen LogP contribution < -0.4 is 0 Å². The molecule has 0 bridgehead atoms. The minimum Gasteiger partial charge on any atom is -0.340 e. The molecule has 1 aliphatic heterocycles. The number of carbonyl (C=O) groups is 1. The normalized spacial score (nSPS) is 18.2. The van der Waals surface area contributed by atoms with Crippen molar-refractivity contribution in [1.29, 1.82) is 0 Å². The lowest BCUT2D eigenvalue weighted by molar-refractivity contribution is -0.136. The molecule has 1 aromatic carbocycles. The molecule has 0 radical (unpaired) electrons. The third-order valence-corrected chi connectivity index (χ3v) is 6.44. The van der Waals surface area contributed by atoms with Crippen LogP contribution in [0.25, 0.3) is 0 Å². The second-order valence-corrected chi connectivity index (χ2v) is 7.78. The Labute approximate surface area is 136 Å². The lowest BCUT2D eigenvalue weighted by atomic mass is 10.1. The molecule has 1 aliphatic rings. The van der Waals surface area contributed by atoms with Crippen molar-refractivity contribution in [3.63, 3.8) is 0 Å². The monoisotopic (exact) mass is 344 g/mol. The molecule has 1 atom stereocenters. The second kappa shape index (κ2) is 6.98.